The van der Waals surface area contributed by atoms with E-state index in [-0.39, 0.29) is 12.0 Å². The van der Waals surface area contributed by atoms with E-state index in [0.717, 1.165) is 31.4 Å². The van der Waals surface area contributed by atoms with Gasteiger partial charge in [0.25, 0.3) is 0 Å². The van der Waals surface area contributed by atoms with Gasteiger partial charge in [0.15, 0.2) is 0 Å². The summed E-state index contributed by atoms with van der Waals surface area (Å²) in [5.41, 5.74) is 2.25. The first-order valence-electron chi connectivity index (χ1n) is 6.64. The smallest absolute Gasteiger partial charge is 0.328 e. The lowest BCUT2D eigenvalue weighted by atomic mass is 10.1. The molecule has 0 aliphatic rings. The molecule has 1 unspecified atom stereocenters. The zero-order valence-electron chi connectivity index (χ0n) is 11.5. The van der Waals surface area contributed by atoms with E-state index in [1.807, 2.05) is 12.1 Å². The van der Waals surface area contributed by atoms with E-state index in [9.17, 15) is 4.79 Å². The summed E-state index contributed by atoms with van der Waals surface area (Å²) in [5.74, 6) is -0.189. The van der Waals surface area contributed by atoms with E-state index in [4.69, 9.17) is 4.74 Å². The van der Waals surface area contributed by atoms with Gasteiger partial charge in [-0.25, -0.2) is 4.79 Å². The van der Waals surface area contributed by atoms with Crippen LogP contribution in [0.3, 0.4) is 0 Å². The molecule has 0 heterocycles. The summed E-state index contributed by atoms with van der Waals surface area (Å²) in [6, 6.07) is 7.92. The number of anilines is 1. The molecule has 0 aliphatic heterocycles. The Bertz CT molecular complexity index is 377. The fraction of sp³-hybridized carbons (Fsp3) is 0.533. The van der Waals surface area contributed by atoms with Crippen LogP contribution >= 0.6 is 0 Å². The maximum atomic E-state index is 11.7. The Balaban J connectivity index is 2.71. The summed E-state index contributed by atoms with van der Waals surface area (Å²) < 4.78 is 4.84. The maximum Gasteiger partial charge on any atom is 0.328 e. The number of nitrogens with one attached hydrogen (secondary N) is 1. The summed E-state index contributed by atoms with van der Waals surface area (Å²) in [5, 5.41) is 3.26. The van der Waals surface area contributed by atoms with Gasteiger partial charge in [0.05, 0.1) is 7.11 Å². The van der Waals surface area contributed by atoms with Gasteiger partial charge in [-0.15, -0.1) is 0 Å². The molecule has 1 atom stereocenters. The number of rotatable bonds is 7. The number of hydrogen-bond acceptors (Lipinski definition) is 3. The second kappa shape index (κ2) is 7.75. The number of hydrogen-bond donors (Lipinski definition) is 1. The molecule has 0 amide bonds. The van der Waals surface area contributed by atoms with E-state index < -0.39 is 0 Å². The van der Waals surface area contributed by atoms with Crippen molar-refractivity contribution in [3.8, 4) is 0 Å². The van der Waals surface area contributed by atoms with Crippen molar-refractivity contribution in [2.24, 2.45) is 0 Å². The van der Waals surface area contributed by atoms with Crippen molar-refractivity contribution in [3.05, 3.63) is 29.8 Å². The van der Waals surface area contributed by atoms with Crippen LogP contribution in [0.1, 0.15) is 38.7 Å². The van der Waals surface area contributed by atoms with Gasteiger partial charge in [0, 0.05) is 5.69 Å². The minimum atomic E-state index is -0.248. The highest BCUT2D eigenvalue weighted by molar-refractivity contribution is 5.79. The maximum absolute atomic E-state index is 11.7. The van der Waals surface area contributed by atoms with Crippen molar-refractivity contribution >= 4 is 11.7 Å². The molecule has 3 nitrogen and oxygen atoms in total. The molecule has 0 saturated heterocycles. The van der Waals surface area contributed by atoms with Crippen molar-refractivity contribution in [2.45, 2.75) is 45.6 Å². The number of carbonyl (C=O) groups is 1. The molecule has 1 aromatic carbocycles. The molecule has 0 saturated carbocycles. The highest BCUT2D eigenvalue weighted by Crippen LogP contribution is 2.15. The largest absolute Gasteiger partial charge is 0.467 e. The van der Waals surface area contributed by atoms with Gasteiger partial charge in [-0.05, 0) is 30.5 Å². The number of unbranched alkanes of at least 4 members (excludes halogenated alkanes) is 1. The molecule has 0 fully saturated rings. The predicted octanol–water partition coefficient (Wildman–Crippen LogP) is 3.39. The van der Waals surface area contributed by atoms with Crippen LogP contribution in [-0.4, -0.2) is 19.1 Å². The quantitative estimate of drug-likeness (QED) is 0.753. The van der Waals surface area contributed by atoms with Crippen LogP contribution < -0.4 is 5.32 Å². The van der Waals surface area contributed by atoms with Crippen LogP contribution in [-0.2, 0) is 16.0 Å². The second-order valence-electron chi connectivity index (χ2n) is 4.42. The predicted molar refractivity (Wildman–Crippen MR) is 74.8 cm³/mol. The lowest BCUT2D eigenvalue weighted by molar-refractivity contribution is -0.141. The van der Waals surface area contributed by atoms with Crippen LogP contribution in [0, 0.1) is 0 Å². The fourth-order valence-electron chi connectivity index (χ4n) is 1.88. The molecule has 0 radical (unpaired) electrons. The number of aryl methyl sites for hydroxylation is 1. The normalized spacial score (nSPS) is 11.9. The highest BCUT2D eigenvalue weighted by atomic mass is 16.5. The highest BCUT2D eigenvalue weighted by Gasteiger charge is 2.18. The molecule has 100 valence electrons. The first kappa shape index (κ1) is 14.6. The SMILES string of the molecule is CCCCC(Nc1cccc(CC)c1)C(=O)OC. The van der Waals surface area contributed by atoms with Gasteiger partial charge in [-0.1, -0.05) is 38.8 Å². The van der Waals surface area contributed by atoms with Crippen molar-refractivity contribution in [3.63, 3.8) is 0 Å². The molecule has 1 aromatic rings. The number of methoxy groups -OCH3 is 1. The van der Waals surface area contributed by atoms with Gasteiger partial charge >= 0.3 is 5.97 Å². The summed E-state index contributed by atoms with van der Waals surface area (Å²) in [6.07, 6.45) is 3.89. The summed E-state index contributed by atoms with van der Waals surface area (Å²) in [4.78, 5) is 11.7. The van der Waals surface area contributed by atoms with Crippen molar-refractivity contribution in [1.29, 1.82) is 0 Å². The first-order chi connectivity index (χ1) is 8.71. The van der Waals surface area contributed by atoms with Crippen molar-refractivity contribution < 1.29 is 9.53 Å². The zero-order valence-corrected chi connectivity index (χ0v) is 11.5. The summed E-state index contributed by atoms with van der Waals surface area (Å²) in [6.45, 7) is 4.24. The number of esters is 1. The molecule has 0 spiro atoms. The topological polar surface area (TPSA) is 38.3 Å². The Morgan fingerprint density at radius 3 is 2.78 bits per heavy atom. The minimum Gasteiger partial charge on any atom is -0.467 e. The summed E-state index contributed by atoms with van der Waals surface area (Å²) in [7, 11) is 1.44. The Kier molecular flexibility index (Phi) is 6.26. The van der Waals surface area contributed by atoms with Gasteiger partial charge in [-0.2, -0.15) is 0 Å². The molecular weight excluding hydrogens is 226 g/mol. The molecule has 0 bridgehead atoms. The number of carbonyl (C=O) groups excluding carboxylic acids is 1. The minimum absolute atomic E-state index is 0.189. The van der Waals surface area contributed by atoms with E-state index in [0.29, 0.717) is 0 Å². The van der Waals surface area contributed by atoms with Gasteiger partial charge < -0.3 is 10.1 Å². The van der Waals surface area contributed by atoms with Crippen LogP contribution in [0.2, 0.25) is 0 Å². The van der Waals surface area contributed by atoms with Gasteiger partial charge in [0.1, 0.15) is 6.04 Å². The lowest BCUT2D eigenvalue weighted by Gasteiger charge is -2.17. The van der Waals surface area contributed by atoms with E-state index in [2.05, 4.69) is 31.3 Å². The van der Waals surface area contributed by atoms with E-state index in [1.165, 1.54) is 12.7 Å². The van der Waals surface area contributed by atoms with E-state index in [1.54, 1.807) is 0 Å². The monoisotopic (exact) mass is 249 g/mol. The molecule has 0 aromatic heterocycles. The Labute approximate surface area is 110 Å². The average molecular weight is 249 g/mol. The van der Waals surface area contributed by atoms with Crippen molar-refractivity contribution in [2.75, 3.05) is 12.4 Å². The van der Waals surface area contributed by atoms with Crippen LogP contribution in [0.25, 0.3) is 0 Å². The van der Waals surface area contributed by atoms with Crippen LogP contribution in [0.15, 0.2) is 24.3 Å². The van der Waals surface area contributed by atoms with Gasteiger partial charge in [0.2, 0.25) is 0 Å². The molecule has 3 heteroatoms. The van der Waals surface area contributed by atoms with E-state index >= 15 is 0 Å². The number of ether oxygens (including phenoxy) is 1. The zero-order chi connectivity index (χ0) is 13.4. The molecule has 1 rings (SSSR count). The molecular formula is C15H23NO2. The Morgan fingerprint density at radius 2 is 2.17 bits per heavy atom. The first-order valence-corrected chi connectivity index (χ1v) is 6.64. The van der Waals surface area contributed by atoms with Crippen LogP contribution in [0.4, 0.5) is 5.69 Å². The Hall–Kier alpha value is -1.51. The fourth-order valence-corrected chi connectivity index (χ4v) is 1.88. The third-order valence-electron chi connectivity index (χ3n) is 3.01. The lowest BCUT2D eigenvalue weighted by Crippen LogP contribution is -2.30. The van der Waals surface area contributed by atoms with Gasteiger partial charge in [-0.3, -0.25) is 0 Å². The average Bonchev–Trinajstić information content (AvgIpc) is 2.42. The van der Waals surface area contributed by atoms with Crippen LogP contribution in [0.5, 0.6) is 0 Å². The van der Waals surface area contributed by atoms with Crippen molar-refractivity contribution in [1.82, 2.24) is 0 Å². The third kappa shape index (κ3) is 4.40. The standard InChI is InChI=1S/C15H23NO2/c1-4-6-10-14(15(17)18-3)16-13-9-7-8-12(5-2)11-13/h7-9,11,14,16H,4-6,10H2,1-3H3. The molecule has 1 N–H and O–H groups in total. The molecule has 0 aliphatic carbocycles. The Morgan fingerprint density at radius 1 is 1.39 bits per heavy atom. The summed E-state index contributed by atoms with van der Waals surface area (Å²) >= 11 is 0. The number of benzene rings is 1. The third-order valence-corrected chi connectivity index (χ3v) is 3.01. The second-order valence-corrected chi connectivity index (χ2v) is 4.42. The molecule has 18 heavy (non-hydrogen) atoms.